The summed E-state index contributed by atoms with van der Waals surface area (Å²) in [6.45, 7) is 2.92. The van der Waals surface area contributed by atoms with Gasteiger partial charge < -0.3 is 10.0 Å². The van der Waals surface area contributed by atoms with E-state index in [1.54, 1.807) is 4.90 Å². The lowest BCUT2D eigenvalue weighted by atomic mass is 9.97. The fraction of sp³-hybridized carbons (Fsp3) is 0.875. The molecule has 0 spiro atoms. The van der Waals surface area contributed by atoms with Crippen LogP contribution in [-0.4, -0.2) is 42.0 Å². The molecule has 1 aliphatic rings. The second kappa shape index (κ2) is 5.46. The van der Waals surface area contributed by atoms with Crippen LogP contribution in [0.1, 0.15) is 6.92 Å². The van der Waals surface area contributed by atoms with E-state index in [9.17, 15) is 13.6 Å². The molecule has 0 unspecified atom stereocenters. The SMILES string of the molecule is CCN1C[C@H](C(=O)O)[C@@H](C(F)F)C1.Cl. The van der Waals surface area contributed by atoms with Gasteiger partial charge in [0.2, 0.25) is 6.43 Å². The van der Waals surface area contributed by atoms with E-state index in [0.29, 0.717) is 6.54 Å². The summed E-state index contributed by atoms with van der Waals surface area (Å²) in [5.41, 5.74) is 0. The average molecular weight is 230 g/mol. The van der Waals surface area contributed by atoms with Crippen molar-refractivity contribution in [2.75, 3.05) is 19.6 Å². The maximum atomic E-state index is 12.4. The monoisotopic (exact) mass is 229 g/mol. The molecule has 1 saturated heterocycles. The van der Waals surface area contributed by atoms with Crippen LogP contribution in [-0.2, 0) is 4.79 Å². The van der Waals surface area contributed by atoms with Crippen molar-refractivity contribution in [2.24, 2.45) is 11.8 Å². The number of carboxylic acids is 1. The van der Waals surface area contributed by atoms with E-state index in [4.69, 9.17) is 5.11 Å². The van der Waals surface area contributed by atoms with E-state index in [0.717, 1.165) is 0 Å². The molecule has 84 valence electrons. The van der Waals surface area contributed by atoms with E-state index in [2.05, 4.69) is 0 Å². The largest absolute Gasteiger partial charge is 0.481 e. The first-order chi connectivity index (χ1) is 6.06. The number of hydrogen-bond donors (Lipinski definition) is 1. The van der Waals surface area contributed by atoms with E-state index >= 15 is 0 Å². The Kier molecular flexibility index (Phi) is 5.29. The van der Waals surface area contributed by atoms with Gasteiger partial charge in [-0.1, -0.05) is 6.92 Å². The maximum Gasteiger partial charge on any atom is 0.308 e. The lowest BCUT2D eigenvalue weighted by Crippen LogP contribution is -2.27. The normalized spacial score (nSPS) is 27.7. The highest BCUT2D eigenvalue weighted by atomic mass is 35.5. The number of carboxylic acid groups (broad SMARTS) is 1. The number of halogens is 3. The zero-order valence-corrected chi connectivity index (χ0v) is 8.64. The number of carbonyl (C=O) groups is 1. The number of nitrogens with zero attached hydrogens (tertiary/aromatic N) is 1. The van der Waals surface area contributed by atoms with E-state index in [-0.39, 0.29) is 25.5 Å². The Morgan fingerprint density at radius 3 is 2.43 bits per heavy atom. The van der Waals surface area contributed by atoms with Gasteiger partial charge in [0.15, 0.2) is 0 Å². The summed E-state index contributed by atoms with van der Waals surface area (Å²) >= 11 is 0. The molecule has 1 aliphatic heterocycles. The van der Waals surface area contributed by atoms with E-state index < -0.39 is 24.2 Å². The standard InChI is InChI=1S/C8H13F2NO2.ClH/c1-2-11-3-5(7(9)10)6(4-11)8(12)13;/h5-7H,2-4H2,1H3,(H,12,13);1H/t5-,6-;/m0./s1. The molecule has 0 radical (unpaired) electrons. The number of alkyl halides is 2. The molecule has 6 heteroatoms. The van der Waals surface area contributed by atoms with Gasteiger partial charge in [0.1, 0.15) is 0 Å². The summed E-state index contributed by atoms with van der Waals surface area (Å²) < 4.78 is 24.7. The van der Waals surface area contributed by atoms with Crippen LogP contribution in [0, 0.1) is 11.8 Å². The molecule has 0 aromatic rings. The van der Waals surface area contributed by atoms with Gasteiger partial charge in [-0.25, -0.2) is 8.78 Å². The van der Waals surface area contributed by atoms with Crippen molar-refractivity contribution in [1.29, 1.82) is 0 Å². The summed E-state index contributed by atoms with van der Waals surface area (Å²) in [4.78, 5) is 12.4. The summed E-state index contributed by atoms with van der Waals surface area (Å²) in [5, 5.41) is 8.69. The molecular weight excluding hydrogens is 216 g/mol. The highest BCUT2D eigenvalue weighted by molar-refractivity contribution is 5.85. The number of rotatable bonds is 3. The third-order valence-electron chi connectivity index (χ3n) is 2.53. The molecule has 0 aliphatic carbocycles. The molecule has 0 bridgehead atoms. The zero-order chi connectivity index (χ0) is 10.0. The molecule has 1 rings (SSSR count). The van der Waals surface area contributed by atoms with E-state index in [1.165, 1.54) is 0 Å². The second-order valence-electron chi connectivity index (χ2n) is 3.30. The Bertz CT molecular complexity index is 204. The van der Waals surface area contributed by atoms with Crippen LogP contribution in [0.5, 0.6) is 0 Å². The lowest BCUT2D eigenvalue weighted by Gasteiger charge is -2.12. The number of likely N-dealkylation sites (tertiary alicyclic amines) is 1. The maximum absolute atomic E-state index is 12.4. The molecule has 14 heavy (non-hydrogen) atoms. The smallest absolute Gasteiger partial charge is 0.308 e. The van der Waals surface area contributed by atoms with Crippen molar-refractivity contribution in [3.05, 3.63) is 0 Å². The van der Waals surface area contributed by atoms with Gasteiger partial charge in [0.25, 0.3) is 0 Å². The Labute approximate surface area is 87.5 Å². The molecule has 0 aromatic heterocycles. The third kappa shape index (κ3) is 2.78. The molecule has 0 amide bonds. The minimum Gasteiger partial charge on any atom is -0.481 e. The van der Waals surface area contributed by atoms with Crippen molar-refractivity contribution < 1.29 is 18.7 Å². The first-order valence-electron chi connectivity index (χ1n) is 4.29. The molecule has 0 aromatic carbocycles. The Morgan fingerprint density at radius 1 is 1.57 bits per heavy atom. The summed E-state index contributed by atoms with van der Waals surface area (Å²) in [6.07, 6.45) is -2.53. The van der Waals surface area contributed by atoms with Gasteiger partial charge in [-0.3, -0.25) is 4.79 Å². The quantitative estimate of drug-likeness (QED) is 0.794. The second-order valence-corrected chi connectivity index (χ2v) is 3.30. The first kappa shape index (κ1) is 13.6. The number of hydrogen-bond acceptors (Lipinski definition) is 2. The van der Waals surface area contributed by atoms with Gasteiger partial charge in [-0.15, -0.1) is 12.4 Å². The van der Waals surface area contributed by atoms with Gasteiger partial charge in [-0.2, -0.15) is 0 Å². The molecule has 0 saturated carbocycles. The summed E-state index contributed by atoms with van der Waals surface area (Å²) in [6, 6.07) is 0. The Morgan fingerprint density at radius 2 is 2.14 bits per heavy atom. The minimum absolute atomic E-state index is 0. The summed E-state index contributed by atoms with van der Waals surface area (Å²) in [7, 11) is 0. The summed E-state index contributed by atoms with van der Waals surface area (Å²) in [5.74, 6) is -3.02. The minimum atomic E-state index is -2.53. The molecule has 1 N–H and O–H groups in total. The fourth-order valence-corrected chi connectivity index (χ4v) is 1.69. The van der Waals surface area contributed by atoms with Crippen LogP contribution in [0.25, 0.3) is 0 Å². The van der Waals surface area contributed by atoms with Crippen molar-refractivity contribution in [3.8, 4) is 0 Å². The topological polar surface area (TPSA) is 40.5 Å². The van der Waals surface area contributed by atoms with Crippen molar-refractivity contribution >= 4 is 18.4 Å². The van der Waals surface area contributed by atoms with Crippen molar-refractivity contribution in [2.45, 2.75) is 13.3 Å². The number of aliphatic carboxylic acids is 1. The predicted octanol–water partition coefficient (Wildman–Crippen LogP) is 1.33. The third-order valence-corrected chi connectivity index (χ3v) is 2.53. The van der Waals surface area contributed by atoms with Crippen LogP contribution >= 0.6 is 12.4 Å². The molecule has 3 nitrogen and oxygen atoms in total. The Balaban J connectivity index is 0.00000169. The van der Waals surface area contributed by atoms with Gasteiger partial charge in [-0.05, 0) is 6.54 Å². The van der Waals surface area contributed by atoms with Gasteiger partial charge in [0.05, 0.1) is 5.92 Å². The molecule has 1 fully saturated rings. The molecule has 1 heterocycles. The first-order valence-corrected chi connectivity index (χ1v) is 4.29. The van der Waals surface area contributed by atoms with Crippen LogP contribution in [0.3, 0.4) is 0 Å². The van der Waals surface area contributed by atoms with Gasteiger partial charge in [0, 0.05) is 19.0 Å². The van der Waals surface area contributed by atoms with E-state index in [1.807, 2.05) is 6.92 Å². The van der Waals surface area contributed by atoms with Crippen molar-refractivity contribution in [3.63, 3.8) is 0 Å². The van der Waals surface area contributed by atoms with Crippen LogP contribution < -0.4 is 0 Å². The van der Waals surface area contributed by atoms with Crippen LogP contribution in [0.2, 0.25) is 0 Å². The lowest BCUT2D eigenvalue weighted by molar-refractivity contribution is -0.144. The fourth-order valence-electron chi connectivity index (χ4n) is 1.69. The zero-order valence-electron chi connectivity index (χ0n) is 7.82. The van der Waals surface area contributed by atoms with Crippen LogP contribution in [0.4, 0.5) is 8.78 Å². The van der Waals surface area contributed by atoms with Gasteiger partial charge >= 0.3 is 5.97 Å². The molecular formula is C8H14ClF2NO2. The highest BCUT2D eigenvalue weighted by Crippen LogP contribution is 2.28. The van der Waals surface area contributed by atoms with Crippen LogP contribution in [0.15, 0.2) is 0 Å². The molecule has 2 atom stereocenters. The Hall–Kier alpha value is -0.420. The predicted molar refractivity (Wildman–Crippen MR) is 50.0 cm³/mol. The highest BCUT2D eigenvalue weighted by Gasteiger charge is 2.41. The van der Waals surface area contributed by atoms with Crippen molar-refractivity contribution in [1.82, 2.24) is 4.90 Å². The average Bonchev–Trinajstić information content (AvgIpc) is 2.47.